The minimum Gasteiger partial charge on any atom is -0.492 e. The molecule has 1 fully saturated rings. The molecule has 1 N–H and O–H groups in total. The van der Waals surface area contributed by atoms with Gasteiger partial charge < -0.3 is 14.8 Å². The van der Waals surface area contributed by atoms with Crippen molar-refractivity contribution in [2.24, 2.45) is 0 Å². The molecule has 10 heteroatoms. The van der Waals surface area contributed by atoms with E-state index >= 15 is 0 Å². The number of amides is 1. The average molecular weight is 558 g/mol. The molecular weight excluding hydrogens is 526 g/mol. The van der Waals surface area contributed by atoms with Crippen molar-refractivity contribution in [3.05, 3.63) is 88.9 Å². The van der Waals surface area contributed by atoms with E-state index in [2.05, 4.69) is 22.3 Å². The van der Waals surface area contributed by atoms with Gasteiger partial charge in [-0.2, -0.15) is 0 Å². The third-order valence-corrected chi connectivity index (χ3v) is 8.14. The molecule has 3 aromatic rings. The average Bonchev–Trinajstić information content (AvgIpc) is 2.92. The van der Waals surface area contributed by atoms with Gasteiger partial charge in [0.2, 0.25) is 5.91 Å². The molecule has 8 nitrogen and oxygen atoms in total. The van der Waals surface area contributed by atoms with Crippen molar-refractivity contribution in [1.82, 2.24) is 10.2 Å². The molecule has 1 saturated heterocycles. The van der Waals surface area contributed by atoms with Crippen LogP contribution >= 0.6 is 11.6 Å². The van der Waals surface area contributed by atoms with Crippen LogP contribution in [0.15, 0.2) is 77.7 Å². The number of rotatable bonds is 11. The Bertz CT molecular complexity index is 1330. The predicted molar refractivity (Wildman–Crippen MR) is 148 cm³/mol. The molecule has 1 aliphatic rings. The molecule has 0 aliphatic carbocycles. The van der Waals surface area contributed by atoms with Gasteiger partial charge in [-0.25, -0.2) is 8.42 Å². The molecule has 1 aliphatic heterocycles. The number of hydrogen-bond acceptors (Lipinski definition) is 6. The van der Waals surface area contributed by atoms with Gasteiger partial charge in [-0.15, -0.1) is 0 Å². The van der Waals surface area contributed by atoms with Crippen LogP contribution in [0.3, 0.4) is 0 Å². The summed E-state index contributed by atoms with van der Waals surface area (Å²) < 4.78 is 39.5. The zero-order valence-corrected chi connectivity index (χ0v) is 22.9. The van der Waals surface area contributed by atoms with Gasteiger partial charge in [-0.05, 0) is 54.4 Å². The van der Waals surface area contributed by atoms with Crippen molar-refractivity contribution >= 4 is 33.2 Å². The summed E-state index contributed by atoms with van der Waals surface area (Å²) in [6.45, 7) is 6.08. The number of carbonyl (C=O) groups excluding carboxylic acids is 1. The molecule has 4 rings (SSSR count). The second kappa shape index (κ2) is 13.1. The van der Waals surface area contributed by atoms with Gasteiger partial charge in [0.15, 0.2) is 0 Å². The summed E-state index contributed by atoms with van der Waals surface area (Å²) in [4.78, 5) is 15.5. The van der Waals surface area contributed by atoms with E-state index in [1.165, 1.54) is 24.3 Å². The van der Waals surface area contributed by atoms with E-state index < -0.39 is 22.5 Å². The summed E-state index contributed by atoms with van der Waals surface area (Å²) >= 11 is 5.97. The Labute approximate surface area is 229 Å². The molecule has 0 atom stereocenters. The number of carbonyl (C=O) groups is 1. The zero-order valence-electron chi connectivity index (χ0n) is 21.3. The van der Waals surface area contributed by atoms with Crippen molar-refractivity contribution in [2.75, 3.05) is 43.8 Å². The lowest BCUT2D eigenvalue weighted by atomic mass is 10.1. The van der Waals surface area contributed by atoms with E-state index in [-0.39, 0.29) is 17.1 Å². The summed E-state index contributed by atoms with van der Waals surface area (Å²) in [6.07, 6.45) is 0. The Hall–Kier alpha value is -3.11. The number of nitrogens with one attached hydrogen (secondary N) is 1. The third-order valence-electron chi connectivity index (χ3n) is 6.11. The molecule has 202 valence electrons. The first-order valence-corrected chi connectivity index (χ1v) is 14.3. The van der Waals surface area contributed by atoms with E-state index in [0.717, 1.165) is 48.3 Å². The number of ether oxygens (including phenoxy) is 2. The summed E-state index contributed by atoms with van der Waals surface area (Å²) in [6, 6.07) is 20.7. The van der Waals surface area contributed by atoms with Gasteiger partial charge in [0.25, 0.3) is 10.0 Å². The highest BCUT2D eigenvalue weighted by Crippen LogP contribution is 2.32. The fourth-order valence-electron chi connectivity index (χ4n) is 4.22. The first-order valence-electron chi connectivity index (χ1n) is 12.5. The van der Waals surface area contributed by atoms with E-state index in [9.17, 15) is 13.2 Å². The summed E-state index contributed by atoms with van der Waals surface area (Å²) in [5, 5.41) is 3.29. The molecule has 1 amide bonds. The normalized spacial score (nSPS) is 14.2. The molecule has 3 aromatic carbocycles. The van der Waals surface area contributed by atoms with Crippen molar-refractivity contribution in [1.29, 1.82) is 0 Å². The summed E-state index contributed by atoms with van der Waals surface area (Å²) in [5.74, 6) is -0.0661. The number of halogens is 1. The fourth-order valence-corrected chi connectivity index (χ4v) is 5.77. The van der Waals surface area contributed by atoms with Crippen molar-refractivity contribution in [2.45, 2.75) is 24.9 Å². The number of anilines is 1. The third kappa shape index (κ3) is 7.26. The Kier molecular flexibility index (Phi) is 9.63. The highest BCUT2D eigenvalue weighted by molar-refractivity contribution is 7.92. The van der Waals surface area contributed by atoms with Gasteiger partial charge in [0.1, 0.15) is 12.3 Å². The lowest BCUT2D eigenvalue weighted by molar-refractivity contribution is -0.119. The van der Waals surface area contributed by atoms with Crippen LogP contribution in [0.25, 0.3) is 0 Å². The van der Waals surface area contributed by atoms with E-state index in [0.29, 0.717) is 17.4 Å². The lowest BCUT2D eigenvalue weighted by Crippen LogP contribution is -2.41. The van der Waals surface area contributed by atoms with Crippen LogP contribution in [0.1, 0.15) is 18.1 Å². The molecule has 0 radical (unpaired) electrons. The zero-order chi connectivity index (χ0) is 27.0. The van der Waals surface area contributed by atoms with Crippen molar-refractivity contribution in [3.63, 3.8) is 0 Å². The Morgan fingerprint density at radius 1 is 1.03 bits per heavy atom. The number of benzene rings is 3. The SMILES string of the molecule is CCOc1ccccc1N(CC(=O)NCc1cccc(CN2CCOCC2)c1)S(=O)(=O)c1ccc(Cl)cc1. The number of morpholine rings is 1. The molecule has 0 aromatic heterocycles. The largest absolute Gasteiger partial charge is 0.492 e. The van der Waals surface area contributed by atoms with Crippen molar-refractivity contribution < 1.29 is 22.7 Å². The molecule has 0 saturated carbocycles. The van der Waals surface area contributed by atoms with Crippen LogP contribution in [0.5, 0.6) is 5.75 Å². The monoisotopic (exact) mass is 557 g/mol. The molecule has 0 bridgehead atoms. The highest BCUT2D eigenvalue weighted by Gasteiger charge is 2.29. The second-order valence-electron chi connectivity index (χ2n) is 8.85. The van der Waals surface area contributed by atoms with Crippen molar-refractivity contribution in [3.8, 4) is 5.75 Å². The maximum absolute atomic E-state index is 13.7. The number of hydrogen-bond donors (Lipinski definition) is 1. The maximum atomic E-state index is 13.7. The summed E-state index contributed by atoms with van der Waals surface area (Å²) in [5.41, 5.74) is 2.37. The molecule has 38 heavy (non-hydrogen) atoms. The maximum Gasteiger partial charge on any atom is 0.264 e. The lowest BCUT2D eigenvalue weighted by Gasteiger charge is -2.26. The van der Waals surface area contributed by atoms with Crippen LogP contribution < -0.4 is 14.4 Å². The van der Waals surface area contributed by atoms with Gasteiger partial charge in [-0.3, -0.25) is 14.0 Å². The van der Waals surface area contributed by atoms with Crippen LogP contribution in [0, 0.1) is 0 Å². The number of nitrogens with zero attached hydrogens (tertiary/aromatic N) is 2. The quantitative estimate of drug-likeness (QED) is 0.382. The fraction of sp³-hybridized carbons (Fsp3) is 0.321. The Balaban J connectivity index is 1.51. The smallest absolute Gasteiger partial charge is 0.264 e. The first kappa shape index (κ1) is 27.9. The van der Waals surface area contributed by atoms with E-state index in [4.69, 9.17) is 21.1 Å². The van der Waals surface area contributed by atoms with Gasteiger partial charge in [0.05, 0.1) is 30.4 Å². The molecular formula is C28H32ClN3O5S. The van der Waals surface area contributed by atoms with Crippen LogP contribution in [0.4, 0.5) is 5.69 Å². The highest BCUT2D eigenvalue weighted by atomic mass is 35.5. The molecule has 0 spiro atoms. The van der Waals surface area contributed by atoms with Crippen LogP contribution in [0.2, 0.25) is 5.02 Å². The minimum absolute atomic E-state index is 0.0248. The Morgan fingerprint density at radius 2 is 1.74 bits per heavy atom. The van der Waals surface area contributed by atoms with Gasteiger partial charge in [0, 0.05) is 31.2 Å². The van der Waals surface area contributed by atoms with Gasteiger partial charge >= 0.3 is 0 Å². The predicted octanol–water partition coefficient (Wildman–Crippen LogP) is 4.08. The van der Waals surface area contributed by atoms with Crippen LogP contribution in [-0.2, 0) is 32.6 Å². The topological polar surface area (TPSA) is 88.2 Å². The second-order valence-corrected chi connectivity index (χ2v) is 11.2. The van der Waals surface area contributed by atoms with E-state index in [1.807, 2.05) is 19.1 Å². The van der Waals surface area contributed by atoms with E-state index in [1.54, 1.807) is 24.3 Å². The minimum atomic E-state index is -4.09. The number of para-hydroxylation sites is 2. The molecule has 1 heterocycles. The first-order chi connectivity index (χ1) is 18.4. The number of sulfonamides is 1. The standard InChI is InChI=1S/C28H32ClN3O5S/c1-2-37-27-9-4-3-8-26(27)32(38(34,35)25-12-10-24(29)11-13-25)21-28(33)30-19-22-6-5-7-23(18-22)20-31-14-16-36-17-15-31/h3-13,18H,2,14-17,19-21H2,1H3,(H,30,33). The molecule has 0 unspecified atom stereocenters. The summed E-state index contributed by atoms with van der Waals surface area (Å²) in [7, 11) is -4.09. The van der Waals surface area contributed by atoms with Gasteiger partial charge in [-0.1, -0.05) is 48.0 Å². The van der Waals surface area contributed by atoms with Crippen LogP contribution in [-0.4, -0.2) is 58.7 Å². The Morgan fingerprint density at radius 3 is 2.47 bits per heavy atom.